The van der Waals surface area contributed by atoms with Crippen molar-refractivity contribution in [1.82, 2.24) is 5.32 Å². The number of aryl methyl sites for hydroxylation is 1. The van der Waals surface area contributed by atoms with Crippen LogP contribution in [0.3, 0.4) is 0 Å². The first-order chi connectivity index (χ1) is 7.51. The number of ether oxygens (including phenoxy) is 1. The average Bonchev–Trinajstić information content (AvgIpc) is 2.55. The molecule has 3 N–H and O–H groups in total. The Kier molecular flexibility index (Phi) is 4.76. The van der Waals surface area contributed by atoms with Crippen LogP contribution < -0.4 is 15.8 Å². The molecule has 0 aliphatic heterocycles. The van der Waals surface area contributed by atoms with Gasteiger partial charge in [0.25, 0.3) is 5.91 Å². The number of halogens is 1. The number of methoxy groups -OCH3 is 1. The van der Waals surface area contributed by atoms with Crippen molar-refractivity contribution in [3.8, 4) is 5.75 Å². The lowest BCUT2D eigenvalue weighted by Crippen LogP contribution is -2.37. The van der Waals surface area contributed by atoms with Crippen molar-refractivity contribution < 1.29 is 9.53 Å². The first-order valence-electron chi connectivity index (χ1n) is 4.85. The maximum Gasteiger partial charge on any atom is 0.265 e. The number of rotatable bonds is 4. The molecular weight excluding hydrogens is 292 g/mol. The molecule has 0 radical (unpaired) electrons. The fourth-order valence-electron chi connectivity index (χ4n) is 1.18. The zero-order valence-corrected chi connectivity index (χ0v) is 11.9. The van der Waals surface area contributed by atoms with Crippen molar-refractivity contribution in [3.63, 3.8) is 0 Å². The minimum atomic E-state index is -0.145. The molecule has 1 rings (SSSR count). The lowest BCUT2D eigenvalue weighted by Gasteiger charge is -2.10. The van der Waals surface area contributed by atoms with Gasteiger partial charge in [0.15, 0.2) is 5.75 Å². The highest BCUT2D eigenvalue weighted by Crippen LogP contribution is 2.38. The molecule has 0 aliphatic carbocycles. The van der Waals surface area contributed by atoms with Crippen molar-refractivity contribution in [2.24, 2.45) is 5.73 Å². The van der Waals surface area contributed by atoms with Crippen molar-refractivity contribution in [2.45, 2.75) is 19.9 Å². The fourth-order valence-corrected chi connectivity index (χ4v) is 2.84. The highest BCUT2D eigenvalue weighted by atomic mass is 79.9. The van der Waals surface area contributed by atoms with Gasteiger partial charge in [-0.15, -0.1) is 11.3 Å². The number of hydrogen-bond acceptors (Lipinski definition) is 4. The van der Waals surface area contributed by atoms with Gasteiger partial charge in [-0.05, 0) is 29.8 Å². The van der Waals surface area contributed by atoms with E-state index in [9.17, 15) is 4.79 Å². The fraction of sp³-hybridized carbons (Fsp3) is 0.500. The molecule has 0 saturated carbocycles. The van der Waals surface area contributed by atoms with E-state index in [1.807, 2.05) is 13.8 Å². The molecule has 0 aromatic carbocycles. The molecule has 16 heavy (non-hydrogen) atoms. The Morgan fingerprint density at radius 3 is 2.81 bits per heavy atom. The summed E-state index contributed by atoms with van der Waals surface area (Å²) in [6.07, 6.45) is 0. The summed E-state index contributed by atoms with van der Waals surface area (Å²) in [5.74, 6) is 0.442. The minimum Gasteiger partial charge on any atom is -0.494 e. The molecule has 0 bridgehead atoms. The summed E-state index contributed by atoms with van der Waals surface area (Å²) in [4.78, 5) is 13.5. The van der Waals surface area contributed by atoms with E-state index < -0.39 is 0 Å². The summed E-state index contributed by atoms with van der Waals surface area (Å²) in [5, 5.41) is 2.81. The van der Waals surface area contributed by atoms with Crippen LogP contribution in [0.4, 0.5) is 0 Å². The van der Waals surface area contributed by atoms with Crippen molar-refractivity contribution in [1.29, 1.82) is 0 Å². The van der Waals surface area contributed by atoms with Gasteiger partial charge in [0.2, 0.25) is 0 Å². The Hall–Kier alpha value is -0.590. The SMILES string of the molecule is COc1c(C(=O)N[C@@H](C)CN)sc(C)c1Br. The molecule has 1 atom stereocenters. The van der Waals surface area contributed by atoms with Crippen LogP contribution in [-0.4, -0.2) is 25.6 Å². The largest absolute Gasteiger partial charge is 0.494 e. The van der Waals surface area contributed by atoms with Gasteiger partial charge in [-0.3, -0.25) is 4.79 Å². The van der Waals surface area contributed by atoms with Gasteiger partial charge in [-0.25, -0.2) is 0 Å². The zero-order valence-electron chi connectivity index (χ0n) is 9.46. The molecule has 1 amide bonds. The predicted octanol–water partition coefficient (Wildman–Crippen LogP) is 1.90. The van der Waals surface area contributed by atoms with Crippen LogP contribution in [0.15, 0.2) is 4.47 Å². The summed E-state index contributed by atoms with van der Waals surface area (Å²) < 4.78 is 6.04. The molecule has 1 heterocycles. The quantitative estimate of drug-likeness (QED) is 0.893. The molecule has 90 valence electrons. The number of nitrogens with one attached hydrogen (secondary N) is 1. The van der Waals surface area contributed by atoms with E-state index in [-0.39, 0.29) is 11.9 Å². The number of hydrogen-bond donors (Lipinski definition) is 2. The van der Waals surface area contributed by atoms with Crippen LogP contribution in [0.5, 0.6) is 5.75 Å². The third-order valence-corrected chi connectivity index (χ3v) is 4.41. The zero-order chi connectivity index (χ0) is 12.3. The lowest BCUT2D eigenvalue weighted by molar-refractivity contribution is 0.0942. The number of nitrogens with two attached hydrogens (primary N) is 1. The first-order valence-corrected chi connectivity index (χ1v) is 6.46. The number of carbonyl (C=O) groups is 1. The first kappa shape index (κ1) is 13.5. The van der Waals surface area contributed by atoms with Gasteiger partial charge in [0, 0.05) is 17.5 Å². The molecule has 0 unspecified atom stereocenters. The van der Waals surface area contributed by atoms with Crippen molar-refractivity contribution in [2.75, 3.05) is 13.7 Å². The summed E-state index contributed by atoms with van der Waals surface area (Å²) in [5.41, 5.74) is 5.45. The second-order valence-corrected chi connectivity index (χ2v) is 5.46. The Morgan fingerprint density at radius 2 is 2.31 bits per heavy atom. The van der Waals surface area contributed by atoms with Gasteiger partial charge < -0.3 is 15.8 Å². The van der Waals surface area contributed by atoms with Gasteiger partial charge >= 0.3 is 0 Å². The highest BCUT2D eigenvalue weighted by Gasteiger charge is 2.21. The summed E-state index contributed by atoms with van der Waals surface area (Å²) in [6.45, 7) is 4.21. The Bertz CT molecular complexity index is 392. The van der Waals surface area contributed by atoms with Crippen molar-refractivity contribution >= 4 is 33.2 Å². The van der Waals surface area contributed by atoms with Crippen LogP contribution in [0, 0.1) is 6.92 Å². The second kappa shape index (κ2) is 5.65. The molecule has 6 heteroatoms. The van der Waals surface area contributed by atoms with Crippen LogP contribution in [-0.2, 0) is 0 Å². The second-order valence-electron chi connectivity index (χ2n) is 3.44. The Balaban J connectivity index is 2.95. The highest BCUT2D eigenvalue weighted by molar-refractivity contribution is 9.10. The third-order valence-electron chi connectivity index (χ3n) is 2.11. The summed E-state index contributed by atoms with van der Waals surface area (Å²) >= 11 is 4.79. The minimum absolute atomic E-state index is 0.0432. The van der Waals surface area contributed by atoms with E-state index >= 15 is 0 Å². The maximum atomic E-state index is 11.9. The topological polar surface area (TPSA) is 64.3 Å². The Labute approximate surface area is 107 Å². The summed E-state index contributed by atoms with van der Waals surface area (Å²) in [7, 11) is 1.55. The van der Waals surface area contributed by atoms with Gasteiger partial charge in [0.05, 0.1) is 11.6 Å². The predicted molar refractivity (Wildman–Crippen MR) is 69.3 cm³/mol. The van der Waals surface area contributed by atoms with E-state index in [1.54, 1.807) is 7.11 Å². The smallest absolute Gasteiger partial charge is 0.265 e. The van der Waals surface area contributed by atoms with E-state index in [0.29, 0.717) is 17.2 Å². The van der Waals surface area contributed by atoms with Crippen molar-refractivity contribution in [3.05, 3.63) is 14.2 Å². The molecule has 0 saturated heterocycles. The molecule has 0 spiro atoms. The molecular formula is C10H15BrN2O2S. The average molecular weight is 307 g/mol. The monoisotopic (exact) mass is 306 g/mol. The van der Waals surface area contributed by atoms with Gasteiger partial charge in [-0.2, -0.15) is 0 Å². The molecule has 1 aromatic heterocycles. The van der Waals surface area contributed by atoms with Crippen LogP contribution >= 0.6 is 27.3 Å². The third kappa shape index (κ3) is 2.75. The van der Waals surface area contributed by atoms with E-state index in [1.165, 1.54) is 11.3 Å². The molecule has 4 nitrogen and oxygen atoms in total. The molecule has 1 aromatic rings. The number of amides is 1. The standard InChI is InChI=1S/C10H15BrN2O2S/c1-5(4-12)13-10(14)9-8(15-3)7(11)6(2)16-9/h5H,4,12H2,1-3H3,(H,13,14)/t5-/m0/s1. The maximum absolute atomic E-state index is 11.9. The van der Waals surface area contributed by atoms with E-state index in [0.717, 1.165) is 9.35 Å². The summed E-state index contributed by atoms with van der Waals surface area (Å²) in [6, 6.07) is -0.0432. The number of thiophene rings is 1. The Morgan fingerprint density at radius 1 is 1.69 bits per heavy atom. The lowest BCUT2D eigenvalue weighted by atomic mass is 10.3. The molecule has 0 aliphatic rings. The normalized spacial score (nSPS) is 12.3. The van der Waals surface area contributed by atoms with Crippen LogP contribution in [0.25, 0.3) is 0 Å². The molecule has 0 fully saturated rings. The van der Waals surface area contributed by atoms with Crippen LogP contribution in [0.1, 0.15) is 21.5 Å². The van der Waals surface area contributed by atoms with Crippen LogP contribution in [0.2, 0.25) is 0 Å². The number of carbonyl (C=O) groups excluding carboxylic acids is 1. The van der Waals surface area contributed by atoms with E-state index in [4.69, 9.17) is 10.5 Å². The van der Waals surface area contributed by atoms with E-state index in [2.05, 4.69) is 21.2 Å². The van der Waals surface area contributed by atoms with Gasteiger partial charge in [-0.1, -0.05) is 0 Å². The van der Waals surface area contributed by atoms with Gasteiger partial charge in [0.1, 0.15) is 4.88 Å².